The molecule has 19 heavy (non-hydrogen) atoms. The molecule has 1 aliphatic heterocycles. The number of nitrogens with one attached hydrogen (secondary N) is 1. The Morgan fingerprint density at radius 2 is 2.11 bits per heavy atom. The zero-order chi connectivity index (χ0) is 13.2. The molecule has 0 radical (unpaired) electrons. The molecule has 2 aromatic rings. The fourth-order valence-electron chi connectivity index (χ4n) is 2.38. The molecule has 2 atom stereocenters. The molecule has 1 saturated heterocycles. The van der Waals surface area contributed by atoms with Crippen LogP contribution < -0.4 is 5.32 Å². The molecule has 1 aromatic carbocycles. The van der Waals surface area contributed by atoms with Gasteiger partial charge in [0.05, 0.1) is 6.04 Å². The summed E-state index contributed by atoms with van der Waals surface area (Å²) in [7, 11) is 0. The molecule has 3 rings (SSSR count). The quantitative estimate of drug-likeness (QED) is 0.872. The highest BCUT2D eigenvalue weighted by Crippen LogP contribution is 2.29. The minimum Gasteiger partial charge on any atom is -0.337 e. The molecule has 0 aliphatic carbocycles. The molecule has 0 bridgehead atoms. The van der Waals surface area contributed by atoms with Gasteiger partial charge in [0, 0.05) is 10.5 Å². The number of thioether (sulfide) groups is 1. The average molecular weight is 275 g/mol. The van der Waals surface area contributed by atoms with E-state index in [1.807, 2.05) is 12.1 Å². The number of rotatable bonds is 3. The van der Waals surface area contributed by atoms with E-state index in [1.54, 1.807) is 11.8 Å². The molecule has 5 heteroatoms. The normalized spacial score (nSPS) is 22.8. The van der Waals surface area contributed by atoms with E-state index < -0.39 is 0 Å². The van der Waals surface area contributed by atoms with Gasteiger partial charge < -0.3 is 9.84 Å². The molecule has 1 fully saturated rings. The molecule has 2 unspecified atom stereocenters. The first-order valence-electron chi connectivity index (χ1n) is 6.49. The molecule has 1 aliphatic rings. The monoisotopic (exact) mass is 275 g/mol. The second-order valence-corrected chi connectivity index (χ2v) is 5.76. The van der Waals surface area contributed by atoms with E-state index in [2.05, 4.69) is 40.8 Å². The van der Waals surface area contributed by atoms with Crippen LogP contribution in [0.4, 0.5) is 0 Å². The van der Waals surface area contributed by atoms with Gasteiger partial charge in [-0.2, -0.15) is 4.98 Å². The van der Waals surface area contributed by atoms with Crippen LogP contribution in [0, 0.1) is 5.92 Å². The molecule has 100 valence electrons. The van der Waals surface area contributed by atoms with Gasteiger partial charge >= 0.3 is 0 Å². The second-order valence-electron chi connectivity index (χ2n) is 4.88. The summed E-state index contributed by atoms with van der Waals surface area (Å²) < 4.78 is 5.40. The van der Waals surface area contributed by atoms with Crippen LogP contribution in [0.2, 0.25) is 0 Å². The van der Waals surface area contributed by atoms with Crippen molar-refractivity contribution in [2.24, 2.45) is 5.92 Å². The number of aromatic nitrogens is 2. The molecule has 0 spiro atoms. The van der Waals surface area contributed by atoms with Crippen molar-refractivity contribution in [2.75, 3.05) is 12.8 Å². The van der Waals surface area contributed by atoms with Gasteiger partial charge in [0.25, 0.3) is 0 Å². The standard InChI is InChI=1S/C14H17N3OS/c1-9-7-8-15-12(9)14-16-13(17-18-14)10-3-5-11(19-2)6-4-10/h3-6,9,12,15H,7-8H2,1-2H3. The van der Waals surface area contributed by atoms with E-state index in [4.69, 9.17) is 4.52 Å². The minimum absolute atomic E-state index is 0.201. The van der Waals surface area contributed by atoms with Gasteiger partial charge in [-0.15, -0.1) is 11.8 Å². The molecule has 0 saturated carbocycles. The van der Waals surface area contributed by atoms with Crippen LogP contribution in [0.3, 0.4) is 0 Å². The fourth-order valence-corrected chi connectivity index (χ4v) is 2.79. The smallest absolute Gasteiger partial charge is 0.244 e. The molecule has 1 N–H and O–H groups in total. The van der Waals surface area contributed by atoms with Gasteiger partial charge in [0.2, 0.25) is 11.7 Å². The predicted molar refractivity (Wildman–Crippen MR) is 76.0 cm³/mol. The van der Waals surface area contributed by atoms with Crippen molar-refractivity contribution in [1.82, 2.24) is 15.5 Å². The first-order valence-corrected chi connectivity index (χ1v) is 7.72. The van der Waals surface area contributed by atoms with Gasteiger partial charge in [-0.05, 0) is 49.4 Å². The van der Waals surface area contributed by atoms with Crippen molar-refractivity contribution >= 4 is 11.8 Å². The summed E-state index contributed by atoms with van der Waals surface area (Å²) in [6.07, 6.45) is 3.22. The lowest BCUT2D eigenvalue weighted by atomic mass is 10.0. The number of hydrogen-bond donors (Lipinski definition) is 1. The molecule has 1 aromatic heterocycles. The van der Waals surface area contributed by atoms with Crippen molar-refractivity contribution in [2.45, 2.75) is 24.3 Å². The topological polar surface area (TPSA) is 51.0 Å². The van der Waals surface area contributed by atoms with Gasteiger partial charge in [-0.25, -0.2) is 0 Å². The van der Waals surface area contributed by atoms with Crippen molar-refractivity contribution < 1.29 is 4.52 Å². The second kappa shape index (κ2) is 5.35. The van der Waals surface area contributed by atoms with Gasteiger partial charge in [0.15, 0.2) is 0 Å². The van der Waals surface area contributed by atoms with E-state index in [9.17, 15) is 0 Å². The first kappa shape index (κ1) is 12.7. The summed E-state index contributed by atoms with van der Waals surface area (Å²) >= 11 is 1.72. The van der Waals surface area contributed by atoms with Gasteiger partial charge in [-0.3, -0.25) is 0 Å². The van der Waals surface area contributed by atoms with Crippen molar-refractivity contribution in [1.29, 1.82) is 0 Å². The summed E-state index contributed by atoms with van der Waals surface area (Å²) in [6.45, 7) is 3.23. The number of nitrogens with zero attached hydrogens (tertiary/aromatic N) is 2. The Morgan fingerprint density at radius 1 is 1.32 bits per heavy atom. The SMILES string of the molecule is CSc1ccc(-c2noc(C3NCCC3C)n2)cc1. The van der Waals surface area contributed by atoms with Crippen LogP contribution in [0.1, 0.15) is 25.3 Å². The number of hydrogen-bond acceptors (Lipinski definition) is 5. The lowest BCUT2D eigenvalue weighted by molar-refractivity contribution is 0.319. The molecule has 2 heterocycles. The average Bonchev–Trinajstić information content (AvgIpc) is 3.07. The Hall–Kier alpha value is -1.33. The summed E-state index contributed by atoms with van der Waals surface area (Å²) in [5, 5.41) is 7.49. The molecular formula is C14H17N3OS. The minimum atomic E-state index is 0.201. The van der Waals surface area contributed by atoms with Crippen molar-refractivity contribution in [3.05, 3.63) is 30.2 Å². The number of benzene rings is 1. The Bertz CT molecular complexity index is 552. The van der Waals surface area contributed by atoms with E-state index in [1.165, 1.54) is 4.90 Å². The van der Waals surface area contributed by atoms with E-state index in [0.717, 1.165) is 18.5 Å². The maximum absolute atomic E-state index is 5.40. The maximum atomic E-state index is 5.40. The van der Waals surface area contributed by atoms with Crippen LogP contribution in [-0.4, -0.2) is 22.9 Å². The van der Waals surface area contributed by atoms with E-state index >= 15 is 0 Å². The maximum Gasteiger partial charge on any atom is 0.244 e. The van der Waals surface area contributed by atoms with Crippen LogP contribution >= 0.6 is 11.8 Å². The Morgan fingerprint density at radius 3 is 2.74 bits per heavy atom. The van der Waals surface area contributed by atoms with Gasteiger partial charge in [0.1, 0.15) is 0 Å². The van der Waals surface area contributed by atoms with Crippen LogP contribution in [-0.2, 0) is 0 Å². The zero-order valence-corrected chi connectivity index (χ0v) is 11.9. The summed E-state index contributed by atoms with van der Waals surface area (Å²) in [6, 6.07) is 8.42. The summed E-state index contributed by atoms with van der Waals surface area (Å²) in [4.78, 5) is 5.76. The molecular weight excluding hydrogens is 258 g/mol. The molecule has 4 nitrogen and oxygen atoms in total. The fraction of sp³-hybridized carbons (Fsp3) is 0.429. The van der Waals surface area contributed by atoms with Crippen LogP contribution in [0.15, 0.2) is 33.7 Å². The zero-order valence-electron chi connectivity index (χ0n) is 11.1. The predicted octanol–water partition coefficient (Wildman–Crippen LogP) is 3.13. The van der Waals surface area contributed by atoms with Crippen LogP contribution in [0.25, 0.3) is 11.4 Å². The Kier molecular flexibility index (Phi) is 3.57. The summed E-state index contributed by atoms with van der Waals surface area (Å²) in [5.41, 5.74) is 0.999. The Balaban J connectivity index is 1.83. The lowest BCUT2D eigenvalue weighted by Crippen LogP contribution is -2.16. The Labute approximate surface area is 117 Å². The third-order valence-electron chi connectivity index (χ3n) is 3.59. The molecule has 0 amide bonds. The highest BCUT2D eigenvalue weighted by molar-refractivity contribution is 7.98. The lowest BCUT2D eigenvalue weighted by Gasteiger charge is -2.09. The van der Waals surface area contributed by atoms with Crippen molar-refractivity contribution in [3.8, 4) is 11.4 Å². The third-order valence-corrected chi connectivity index (χ3v) is 4.33. The summed E-state index contributed by atoms with van der Waals surface area (Å²) in [5.74, 6) is 1.92. The van der Waals surface area contributed by atoms with Crippen LogP contribution in [0.5, 0.6) is 0 Å². The largest absolute Gasteiger partial charge is 0.337 e. The van der Waals surface area contributed by atoms with E-state index in [-0.39, 0.29) is 6.04 Å². The van der Waals surface area contributed by atoms with E-state index in [0.29, 0.717) is 17.6 Å². The highest BCUT2D eigenvalue weighted by atomic mass is 32.2. The highest BCUT2D eigenvalue weighted by Gasteiger charge is 2.29. The van der Waals surface area contributed by atoms with Crippen molar-refractivity contribution in [3.63, 3.8) is 0 Å². The first-order chi connectivity index (χ1) is 9.28. The third kappa shape index (κ3) is 2.53. The van der Waals surface area contributed by atoms with Gasteiger partial charge in [-0.1, -0.05) is 12.1 Å².